The summed E-state index contributed by atoms with van der Waals surface area (Å²) in [6, 6.07) is 16.2. The van der Waals surface area contributed by atoms with E-state index in [0.29, 0.717) is 25.3 Å². The third kappa shape index (κ3) is 7.70. The fourth-order valence-corrected chi connectivity index (χ4v) is 4.67. The normalized spacial score (nSPS) is 15.3. The predicted octanol–water partition coefficient (Wildman–Crippen LogP) is 6.37. The second kappa shape index (κ2) is 12.4. The molecule has 2 aromatic carbocycles. The molecule has 5 heteroatoms. The van der Waals surface area contributed by atoms with E-state index in [9.17, 15) is 9.59 Å². The number of rotatable bonds is 9. The summed E-state index contributed by atoms with van der Waals surface area (Å²) >= 11 is 3.47. The van der Waals surface area contributed by atoms with Crippen molar-refractivity contribution in [3.63, 3.8) is 0 Å². The Morgan fingerprint density at radius 3 is 2.15 bits per heavy atom. The van der Waals surface area contributed by atoms with E-state index in [1.807, 2.05) is 31.2 Å². The highest BCUT2D eigenvalue weighted by Gasteiger charge is 2.28. The molecule has 2 amide bonds. The Hall–Kier alpha value is -2.14. The Morgan fingerprint density at radius 2 is 1.55 bits per heavy atom. The summed E-state index contributed by atoms with van der Waals surface area (Å²) in [6.07, 6.45) is 6.70. The second-order valence-electron chi connectivity index (χ2n) is 9.56. The average Bonchev–Trinajstić information content (AvgIpc) is 2.82. The molecule has 0 unspecified atom stereocenters. The molecular formula is C28H37BrN2O2. The van der Waals surface area contributed by atoms with E-state index in [2.05, 4.69) is 59.4 Å². The molecule has 1 saturated carbocycles. The Morgan fingerprint density at radius 1 is 0.939 bits per heavy atom. The van der Waals surface area contributed by atoms with Crippen LogP contribution in [0.25, 0.3) is 0 Å². The summed E-state index contributed by atoms with van der Waals surface area (Å²) < 4.78 is 0.997. The van der Waals surface area contributed by atoms with Crippen LogP contribution in [0.15, 0.2) is 53.0 Å². The number of hydrogen-bond acceptors (Lipinski definition) is 2. The Kier molecular flexibility index (Phi) is 9.54. The van der Waals surface area contributed by atoms with Crippen LogP contribution in [0.2, 0.25) is 0 Å². The molecule has 0 aliphatic heterocycles. The van der Waals surface area contributed by atoms with Gasteiger partial charge < -0.3 is 10.2 Å². The van der Waals surface area contributed by atoms with Gasteiger partial charge in [0.1, 0.15) is 6.04 Å². The largest absolute Gasteiger partial charge is 0.352 e. The van der Waals surface area contributed by atoms with Crippen molar-refractivity contribution in [1.29, 1.82) is 0 Å². The molecule has 0 bridgehead atoms. The first-order valence-corrected chi connectivity index (χ1v) is 13.1. The van der Waals surface area contributed by atoms with E-state index < -0.39 is 6.04 Å². The van der Waals surface area contributed by atoms with Crippen molar-refractivity contribution < 1.29 is 9.59 Å². The lowest BCUT2D eigenvalue weighted by atomic mass is 9.95. The lowest BCUT2D eigenvalue weighted by molar-refractivity contribution is -0.141. The molecular weight excluding hydrogens is 476 g/mol. The molecule has 4 nitrogen and oxygen atoms in total. The van der Waals surface area contributed by atoms with Crippen LogP contribution in [-0.4, -0.2) is 28.8 Å². The minimum atomic E-state index is -0.508. The van der Waals surface area contributed by atoms with Crippen molar-refractivity contribution in [3.05, 3.63) is 69.7 Å². The Bertz CT molecular complexity index is 902. The van der Waals surface area contributed by atoms with Crippen LogP contribution < -0.4 is 5.32 Å². The van der Waals surface area contributed by atoms with Gasteiger partial charge in [-0.05, 0) is 60.9 Å². The van der Waals surface area contributed by atoms with Gasteiger partial charge in [-0.15, -0.1) is 0 Å². The van der Waals surface area contributed by atoms with Crippen molar-refractivity contribution in [2.75, 3.05) is 0 Å². The van der Waals surface area contributed by atoms with Crippen molar-refractivity contribution in [3.8, 4) is 0 Å². The number of carbonyl (C=O) groups excluding carboxylic acids is 2. The molecule has 0 aromatic heterocycles. The van der Waals surface area contributed by atoms with Crippen LogP contribution in [-0.2, 0) is 22.6 Å². The first-order valence-electron chi connectivity index (χ1n) is 12.3. The van der Waals surface area contributed by atoms with Crippen molar-refractivity contribution >= 4 is 27.7 Å². The zero-order chi connectivity index (χ0) is 23.8. The molecule has 3 rings (SSSR count). The number of carbonyl (C=O) groups is 2. The van der Waals surface area contributed by atoms with Gasteiger partial charge in [-0.1, -0.05) is 85.4 Å². The fourth-order valence-electron chi connectivity index (χ4n) is 4.40. The summed E-state index contributed by atoms with van der Waals surface area (Å²) in [4.78, 5) is 28.1. The van der Waals surface area contributed by atoms with Gasteiger partial charge >= 0.3 is 0 Å². The van der Waals surface area contributed by atoms with E-state index >= 15 is 0 Å². The maximum Gasteiger partial charge on any atom is 0.242 e. The summed E-state index contributed by atoms with van der Waals surface area (Å²) in [5, 5.41) is 3.20. The maximum absolute atomic E-state index is 13.3. The smallest absolute Gasteiger partial charge is 0.242 e. The van der Waals surface area contributed by atoms with Crippen LogP contribution >= 0.6 is 15.9 Å². The highest BCUT2D eigenvalue weighted by Crippen LogP contribution is 2.20. The highest BCUT2D eigenvalue weighted by atomic mass is 79.9. The molecule has 2 aromatic rings. The number of benzene rings is 2. The lowest BCUT2D eigenvalue weighted by Crippen LogP contribution is -2.50. The van der Waals surface area contributed by atoms with Crippen LogP contribution in [0.3, 0.4) is 0 Å². The number of hydrogen-bond donors (Lipinski definition) is 1. The van der Waals surface area contributed by atoms with E-state index in [1.54, 1.807) is 4.90 Å². The molecule has 1 aliphatic carbocycles. The summed E-state index contributed by atoms with van der Waals surface area (Å²) in [5.74, 6) is 0.455. The van der Waals surface area contributed by atoms with Gasteiger partial charge in [0.15, 0.2) is 0 Å². The first kappa shape index (κ1) is 25.5. The number of nitrogens with zero attached hydrogens (tertiary/aromatic N) is 1. The predicted molar refractivity (Wildman–Crippen MR) is 138 cm³/mol. The number of halogens is 1. The summed E-state index contributed by atoms with van der Waals surface area (Å²) in [7, 11) is 0. The fraction of sp³-hybridized carbons (Fsp3) is 0.500. The van der Waals surface area contributed by atoms with Crippen LogP contribution in [0, 0.1) is 0 Å². The van der Waals surface area contributed by atoms with Gasteiger partial charge in [0.05, 0.1) is 0 Å². The second-order valence-corrected chi connectivity index (χ2v) is 10.5. The molecule has 1 aliphatic rings. The lowest BCUT2D eigenvalue weighted by Gasteiger charge is -2.31. The van der Waals surface area contributed by atoms with Crippen LogP contribution in [0.4, 0.5) is 0 Å². The van der Waals surface area contributed by atoms with Crippen molar-refractivity contribution in [2.24, 2.45) is 0 Å². The molecule has 0 heterocycles. The average molecular weight is 514 g/mol. The minimum Gasteiger partial charge on any atom is -0.352 e. The topological polar surface area (TPSA) is 49.4 Å². The van der Waals surface area contributed by atoms with Gasteiger partial charge in [0.25, 0.3) is 0 Å². The Balaban J connectivity index is 1.68. The molecule has 178 valence electrons. The third-order valence-electron chi connectivity index (χ3n) is 6.66. The van der Waals surface area contributed by atoms with Crippen LogP contribution in [0.5, 0.6) is 0 Å². The standard InChI is InChI=1S/C28H37BrN2O2/c1-20(2)24-14-9-22(10-15-24)13-18-27(32)31(19-23-11-16-25(29)17-12-23)21(3)28(33)30-26-7-5-4-6-8-26/h9-12,14-17,20-21,26H,4-8,13,18-19H2,1-3H3,(H,30,33)/t21-/m0/s1. The number of amides is 2. The van der Waals surface area contributed by atoms with Gasteiger partial charge in [-0.3, -0.25) is 9.59 Å². The summed E-state index contributed by atoms with van der Waals surface area (Å²) in [6.45, 7) is 6.64. The summed E-state index contributed by atoms with van der Waals surface area (Å²) in [5.41, 5.74) is 3.47. The minimum absolute atomic E-state index is 0.0112. The molecule has 0 spiro atoms. The SMILES string of the molecule is CC(C)c1ccc(CCC(=O)N(Cc2ccc(Br)cc2)[C@@H](C)C(=O)NC2CCCCC2)cc1. The van der Waals surface area contributed by atoms with Gasteiger partial charge in [-0.25, -0.2) is 0 Å². The highest BCUT2D eigenvalue weighted by molar-refractivity contribution is 9.10. The monoisotopic (exact) mass is 512 g/mol. The van der Waals surface area contributed by atoms with Gasteiger partial charge in [0.2, 0.25) is 11.8 Å². The molecule has 0 radical (unpaired) electrons. The maximum atomic E-state index is 13.3. The zero-order valence-electron chi connectivity index (χ0n) is 20.1. The van der Waals surface area contributed by atoms with E-state index in [4.69, 9.17) is 0 Å². The van der Waals surface area contributed by atoms with Crippen molar-refractivity contribution in [2.45, 2.75) is 90.3 Å². The Labute approximate surface area is 207 Å². The molecule has 33 heavy (non-hydrogen) atoms. The van der Waals surface area contributed by atoms with Crippen LogP contribution in [0.1, 0.15) is 81.9 Å². The number of aryl methyl sites for hydroxylation is 1. The van der Waals surface area contributed by atoms with Gasteiger partial charge in [0, 0.05) is 23.5 Å². The van der Waals surface area contributed by atoms with Gasteiger partial charge in [-0.2, -0.15) is 0 Å². The molecule has 1 fully saturated rings. The van der Waals surface area contributed by atoms with Crippen molar-refractivity contribution in [1.82, 2.24) is 10.2 Å². The quantitative estimate of drug-likeness (QED) is 0.424. The molecule has 1 atom stereocenters. The van der Waals surface area contributed by atoms with E-state index in [1.165, 1.54) is 12.0 Å². The number of nitrogens with one attached hydrogen (secondary N) is 1. The first-order chi connectivity index (χ1) is 15.8. The zero-order valence-corrected chi connectivity index (χ0v) is 21.7. The third-order valence-corrected chi connectivity index (χ3v) is 7.19. The molecule has 0 saturated heterocycles. The van der Waals surface area contributed by atoms with E-state index in [-0.39, 0.29) is 17.9 Å². The molecule has 1 N–H and O–H groups in total. The van der Waals surface area contributed by atoms with E-state index in [0.717, 1.165) is 41.3 Å².